The minimum atomic E-state index is 0.581. The molecule has 0 radical (unpaired) electrons. The van der Waals surface area contributed by atoms with E-state index in [-0.39, 0.29) is 0 Å². The van der Waals surface area contributed by atoms with Gasteiger partial charge in [0.2, 0.25) is 4.77 Å². The summed E-state index contributed by atoms with van der Waals surface area (Å²) in [7, 11) is 1.65. The molecule has 0 N–H and O–H groups in total. The fourth-order valence-electron chi connectivity index (χ4n) is 3.19. The lowest BCUT2D eigenvalue weighted by Gasteiger charge is -2.25. The van der Waals surface area contributed by atoms with Crippen molar-refractivity contribution in [2.45, 2.75) is 13.1 Å². The van der Waals surface area contributed by atoms with E-state index in [0.717, 1.165) is 30.9 Å². The highest BCUT2D eigenvalue weighted by molar-refractivity contribution is 7.71. The first kappa shape index (κ1) is 17.6. The molecular weight excluding hydrogens is 358 g/mol. The molecule has 0 atom stereocenters. The number of tetrazole rings is 1. The fraction of sp³-hybridized carbons (Fsp3) is 0.250. The van der Waals surface area contributed by atoms with Gasteiger partial charge in [-0.25, -0.2) is 4.68 Å². The summed E-state index contributed by atoms with van der Waals surface area (Å²) in [5.74, 6) is 0.798. The molecule has 3 aromatic rings. The Kier molecular flexibility index (Phi) is 5.13. The van der Waals surface area contributed by atoms with Crippen molar-refractivity contribution in [3.05, 3.63) is 71.0 Å². The molecule has 0 saturated heterocycles. The van der Waals surface area contributed by atoms with Crippen LogP contribution in [0.5, 0.6) is 5.75 Å². The van der Waals surface area contributed by atoms with E-state index in [1.54, 1.807) is 16.5 Å². The predicted molar refractivity (Wildman–Crippen MR) is 107 cm³/mol. The smallest absolute Gasteiger partial charge is 0.221 e. The summed E-state index contributed by atoms with van der Waals surface area (Å²) < 4.78 is 9.21. The SMILES string of the molecule is COc1ccc(-n2nnn(CN3CC=C(c4ccccc4)CC3)c2=S)cc1. The van der Waals surface area contributed by atoms with Gasteiger partial charge in [0.25, 0.3) is 0 Å². The van der Waals surface area contributed by atoms with E-state index in [4.69, 9.17) is 17.0 Å². The first-order chi connectivity index (χ1) is 13.2. The lowest BCUT2D eigenvalue weighted by Crippen LogP contribution is -2.31. The van der Waals surface area contributed by atoms with Gasteiger partial charge in [0.05, 0.1) is 19.5 Å². The largest absolute Gasteiger partial charge is 0.497 e. The summed E-state index contributed by atoms with van der Waals surface area (Å²) >= 11 is 5.56. The van der Waals surface area contributed by atoms with Crippen molar-refractivity contribution in [2.24, 2.45) is 0 Å². The van der Waals surface area contributed by atoms with Crippen LogP contribution in [-0.4, -0.2) is 44.9 Å². The summed E-state index contributed by atoms with van der Waals surface area (Å²) in [6, 6.07) is 18.2. The molecule has 0 spiro atoms. The second-order valence-corrected chi connectivity index (χ2v) is 6.80. The van der Waals surface area contributed by atoms with Gasteiger partial charge in [0.1, 0.15) is 5.75 Å². The maximum Gasteiger partial charge on any atom is 0.221 e. The Morgan fingerprint density at radius 2 is 1.81 bits per heavy atom. The topological polar surface area (TPSA) is 48.1 Å². The van der Waals surface area contributed by atoms with Crippen LogP contribution < -0.4 is 4.74 Å². The second kappa shape index (κ2) is 7.85. The van der Waals surface area contributed by atoms with E-state index in [0.29, 0.717) is 11.4 Å². The van der Waals surface area contributed by atoms with Gasteiger partial charge < -0.3 is 4.74 Å². The summed E-state index contributed by atoms with van der Waals surface area (Å²) in [5, 5.41) is 8.45. The first-order valence-corrected chi connectivity index (χ1v) is 9.29. The summed E-state index contributed by atoms with van der Waals surface area (Å²) in [4.78, 5) is 2.31. The monoisotopic (exact) mass is 379 g/mol. The van der Waals surface area contributed by atoms with Crippen LogP contribution in [0.1, 0.15) is 12.0 Å². The number of hydrogen-bond acceptors (Lipinski definition) is 5. The van der Waals surface area contributed by atoms with Crippen molar-refractivity contribution in [3.63, 3.8) is 0 Å². The Hall–Kier alpha value is -2.77. The minimum absolute atomic E-state index is 0.581. The Labute approximate surface area is 163 Å². The number of benzene rings is 2. The van der Waals surface area contributed by atoms with Crippen LogP contribution in [0.15, 0.2) is 60.7 Å². The van der Waals surface area contributed by atoms with Crippen LogP contribution in [-0.2, 0) is 6.67 Å². The number of rotatable bonds is 5. The first-order valence-electron chi connectivity index (χ1n) is 8.88. The maximum atomic E-state index is 5.56. The quantitative estimate of drug-likeness (QED) is 0.635. The second-order valence-electron chi connectivity index (χ2n) is 6.43. The highest BCUT2D eigenvalue weighted by Crippen LogP contribution is 2.22. The summed E-state index contributed by atoms with van der Waals surface area (Å²) in [6.07, 6.45) is 3.31. The summed E-state index contributed by atoms with van der Waals surface area (Å²) in [5.41, 5.74) is 3.58. The van der Waals surface area contributed by atoms with Gasteiger partial charge in [-0.2, -0.15) is 4.68 Å². The average Bonchev–Trinajstić information content (AvgIpc) is 3.09. The van der Waals surface area contributed by atoms with E-state index in [1.165, 1.54) is 11.1 Å². The van der Waals surface area contributed by atoms with Gasteiger partial charge in [-0.15, -0.1) is 0 Å². The van der Waals surface area contributed by atoms with Gasteiger partial charge >= 0.3 is 0 Å². The molecule has 0 amide bonds. The third-order valence-corrected chi connectivity index (χ3v) is 5.11. The van der Waals surface area contributed by atoms with Crippen LogP contribution in [0.3, 0.4) is 0 Å². The van der Waals surface area contributed by atoms with Gasteiger partial charge in [0.15, 0.2) is 0 Å². The third kappa shape index (κ3) is 3.84. The summed E-state index contributed by atoms with van der Waals surface area (Å²) in [6.45, 7) is 2.48. The van der Waals surface area contributed by atoms with E-state index in [1.807, 2.05) is 30.3 Å². The molecule has 2 aromatic carbocycles. The lowest BCUT2D eigenvalue weighted by atomic mass is 10.00. The highest BCUT2D eigenvalue weighted by Gasteiger charge is 2.15. The van der Waals surface area contributed by atoms with Crippen molar-refractivity contribution in [1.82, 2.24) is 24.7 Å². The molecule has 6 nitrogen and oxygen atoms in total. The zero-order valence-corrected chi connectivity index (χ0v) is 16.0. The molecule has 1 aliphatic rings. The molecule has 27 heavy (non-hydrogen) atoms. The van der Waals surface area contributed by atoms with E-state index >= 15 is 0 Å². The highest BCUT2D eigenvalue weighted by atomic mass is 32.1. The molecule has 4 rings (SSSR count). The van der Waals surface area contributed by atoms with E-state index in [9.17, 15) is 0 Å². The van der Waals surface area contributed by atoms with Crippen molar-refractivity contribution in [3.8, 4) is 11.4 Å². The molecule has 0 unspecified atom stereocenters. The number of nitrogens with zero attached hydrogens (tertiary/aromatic N) is 5. The maximum absolute atomic E-state index is 5.56. The lowest BCUT2D eigenvalue weighted by molar-refractivity contribution is 0.224. The Bertz CT molecular complexity index is 991. The van der Waals surface area contributed by atoms with Crippen molar-refractivity contribution in [1.29, 1.82) is 0 Å². The standard InChI is InChI=1S/C20H21N5OS/c1-26-19-9-7-18(8-10-19)25-20(27)24(21-22-25)15-23-13-11-17(12-14-23)16-5-3-2-4-6-16/h2-11H,12-15H2,1H3. The van der Waals surface area contributed by atoms with E-state index in [2.05, 4.69) is 45.7 Å². The minimum Gasteiger partial charge on any atom is -0.497 e. The van der Waals surface area contributed by atoms with Crippen molar-refractivity contribution in [2.75, 3.05) is 20.2 Å². The third-order valence-electron chi connectivity index (χ3n) is 4.73. The van der Waals surface area contributed by atoms with Crippen LogP contribution >= 0.6 is 12.2 Å². The number of methoxy groups -OCH3 is 1. The molecule has 0 bridgehead atoms. The molecule has 7 heteroatoms. The molecule has 1 aromatic heterocycles. The number of aromatic nitrogens is 4. The molecule has 0 fully saturated rings. The normalized spacial score (nSPS) is 14.8. The molecule has 0 aliphatic carbocycles. The van der Waals surface area contributed by atoms with Crippen LogP contribution in [0.4, 0.5) is 0 Å². The van der Waals surface area contributed by atoms with Crippen molar-refractivity contribution < 1.29 is 4.74 Å². The molecule has 138 valence electrons. The van der Waals surface area contributed by atoms with Gasteiger partial charge in [-0.3, -0.25) is 4.90 Å². The molecular formula is C20H21N5OS. The average molecular weight is 379 g/mol. The molecule has 0 saturated carbocycles. The van der Waals surface area contributed by atoms with E-state index < -0.39 is 0 Å². The fourth-order valence-corrected chi connectivity index (χ4v) is 3.43. The number of hydrogen-bond donors (Lipinski definition) is 0. The zero-order chi connectivity index (χ0) is 18.6. The van der Waals surface area contributed by atoms with Gasteiger partial charge in [-0.1, -0.05) is 36.4 Å². The molecule has 2 heterocycles. The Morgan fingerprint density at radius 1 is 1.04 bits per heavy atom. The van der Waals surface area contributed by atoms with Crippen LogP contribution in [0.25, 0.3) is 11.3 Å². The zero-order valence-electron chi connectivity index (χ0n) is 15.2. The van der Waals surface area contributed by atoms with Crippen LogP contribution in [0.2, 0.25) is 0 Å². The predicted octanol–water partition coefficient (Wildman–Crippen LogP) is 3.55. The van der Waals surface area contributed by atoms with Crippen LogP contribution in [0, 0.1) is 4.77 Å². The van der Waals surface area contributed by atoms with Gasteiger partial charge in [-0.05, 0) is 64.5 Å². The van der Waals surface area contributed by atoms with Gasteiger partial charge in [0, 0.05) is 13.1 Å². The Balaban J connectivity index is 1.46. The molecule has 1 aliphatic heterocycles. The van der Waals surface area contributed by atoms with Crippen molar-refractivity contribution >= 4 is 17.8 Å². The number of ether oxygens (including phenoxy) is 1. The Morgan fingerprint density at radius 3 is 2.48 bits per heavy atom.